The molecule has 1 aliphatic rings. The smallest absolute Gasteiger partial charge is 0.307 e. The van der Waals surface area contributed by atoms with Gasteiger partial charge in [0.2, 0.25) is 0 Å². The SMILES string of the molecule is CC(C)CC(C(=O)O)C(Cc1ccc(C2=CCC(N)CC2)c(F)c1)c1nn[nH]n1. The fourth-order valence-electron chi connectivity index (χ4n) is 3.98. The van der Waals surface area contributed by atoms with Gasteiger partial charge >= 0.3 is 5.97 Å². The van der Waals surface area contributed by atoms with Gasteiger partial charge in [-0.3, -0.25) is 4.79 Å². The molecule has 7 nitrogen and oxygen atoms in total. The van der Waals surface area contributed by atoms with E-state index in [1.54, 1.807) is 6.07 Å². The molecule has 0 bridgehead atoms. The third kappa shape index (κ3) is 5.26. The molecule has 1 aromatic carbocycles. The highest BCUT2D eigenvalue weighted by Gasteiger charge is 2.33. The van der Waals surface area contributed by atoms with Gasteiger partial charge in [0, 0.05) is 17.5 Å². The minimum Gasteiger partial charge on any atom is -0.481 e. The molecule has 0 fully saturated rings. The Balaban J connectivity index is 1.86. The highest BCUT2D eigenvalue weighted by atomic mass is 19.1. The molecule has 29 heavy (non-hydrogen) atoms. The molecule has 3 rings (SSSR count). The van der Waals surface area contributed by atoms with Crippen LogP contribution in [0.15, 0.2) is 24.3 Å². The zero-order valence-corrected chi connectivity index (χ0v) is 16.8. The predicted octanol–water partition coefficient (Wildman–Crippen LogP) is 3.31. The molecule has 0 saturated carbocycles. The zero-order valence-electron chi connectivity index (χ0n) is 16.8. The molecule has 2 aromatic rings. The summed E-state index contributed by atoms with van der Waals surface area (Å²) in [5, 5.41) is 23.8. The summed E-state index contributed by atoms with van der Waals surface area (Å²) in [5.74, 6) is -1.86. The molecule has 1 aliphatic carbocycles. The van der Waals surface area contributed by atoms with Crippen molar-refractivity contribution in [2.24, 2.45) is 17.6 Å². The van der Waals surface area contributed by atoms with Gasteiger partial charge in [-0.25, -0.2) is 4.39 Å². The average Bonchev–Trinajstić information content (AvgIpc) is 3.20. The molecule has 0 aliphatic heterocycles. The van der Waals surface area contributed by atoms with E-state index in [2.05, 4.69) is 20.6 Å². The van der Waals surface area contributed by atoms with Gasteiger partial charge in [-0.1, -0.05) is 37.3 Å². The Morgan fingerprint density at radius 1 is 1.41 bits per heavy atom. The van der Waals surface area contributed by atoms with Crippen LogP contribution in [0.5, 0.6) is 0 Å². The van der Waals surface area contributed by atoms with E-state index < -0.39 is 17.8 Å². The number of carboxylic acids is 1. The van der Waals surface area contributed by atoms with Crippen LogP contribution in [-0.2, 0) is 11.2 Å². The molecule has 3 atom stereocenters. The highest BCUT2D eigenvalue weighted by molar-refractivity contribution is 5.71. The molecule has 0 amide bonds. The van der Waals surface area contributed by atoms with Crippen molar-refractivity contribution in [3.63, 3.8) is 0 Å². The van der Waals surface area contributed by atoms with Crippen LogP contribution in [0, 0.1) is 17.7 Å². The van der Waals surface area contributed by atoms with Crippen LogP contribution >= 0.6 is 0 Å². The van der Waals surface area contributed by atoms with Crippen LogP contribution in [0.1, 0.15) is 62.4 Å². The summed E-state index contributed by atoms with van der Waals surface area (Å²) >= 11 is 0. The Morgan fingerprint density at radius 3 is 2.76 bits per heavy atom. The summed E-state index contributed by atoms with van der Waals surface area (Å²) in [4.78, 5) is 11.9. The molecule has 1 aromatic heterocycles. The van der Waals surface area contributed by atoms with Gasteiger partial charge in [-0.05, 0) is 55.2 Å². The highest BCUT2D eigenvalue weighted by Crippen LogP contribution is 2.33. The van der Waals surface area contributed by atoms with Crippen LogP contribution in [0.3, 0.4) is 0 Å². The molecule has 0 spiro atoms. The van der Waals surface area contributed by atoms with E-state index in [9.17, 15) is 14.3 Å². The maximum atomic E-state index is 14.9. The lowest BCUT2D eigenvalue weighted by Gasteiger charge is -2.23. The monoisotopic (exact) mass is 401 g/mol. The summed E-state index contributed by atoms with van der Waals surface area (Å²) in [6.07, 6.45) is 5.18. The first kappa shape index (κ1) is 21.1. The number of nitrogens with one attached hydrogen (secondary N) is 1. The average molecular weight is 401 g/mol. The minimum absolute atomic E-state index is 0.144. The second kappa shape index (κ2) is 9.26. The number of carbonyl (C=O) groups is 1. The Morgan fingerprint density at radius 2 is 2.21 bits per heavy atom. The Hall–Kier alpha value is -2.61. The number of nitrogens with two attached hydrogens (primary N) is 1. The van der Waals surface area contributed by atoms with Crippen LogP contribution in [0.2, 0.25) is 0 Å². The van der Waals surface area contributed by atoms with Crippen molar-refractivity contribution in [2.45, 2.75) is 57.9 Å². The van der Waals surface area contributed by atoms with Crippen molar-refractivity contribution in [3.8, 4) is 0 Å². The van der Waals surface area contributed by atoms with Crippen molar-refractivity contribution >= 4 is 11.5 Å². The molecule has 156 valence electrons. The topological polar surface area (TPSA) is 118 Å². The van der Waals surface area contributed by atoms with Gasteiger partial charge in [-0.2, -0.15) is 5.21 Å². The maximum Gasteiger partial charge on any atom is 0.307 e. The van der Waals surface area contributed by atoms with Crippen LogP contribution in [0.25, 0.3) is 5.57 Å². The number of rotatable bonds is 8. The second-order valence-corrected chi connectivity index (χ2v) is 8.23. The number of aromatic amines is 1. The third-order valence-corrected chi connectivity index (χ3v) is 5.51. The van der Waals surface area contributed by atoms with Crippen molar-refractivity contribution in [3.05, 3.63) is 47.0 Å². The molecule has 4 N–H and O–H groups in total. The van der Waals surface area contributed by atoms with E-state index in [4.69, 9.17) is 5.73 Å². The standard InChI is InChI=1S/C21H28FN5O2/c1-12(2)9-18(21(28)29)17(20-24-26-27-25-20)10-13-3-8-16(19(22)11-13)14-4-6-15(23)7-5-14/h3-4,8,11-12,15,17-18H,5-7,9-10,23H2,1-2H3,(H,28,29)(H,24,25,26,27). The molecule has 0 radical (unpaired) electrons. The first-order valence-corrected chi connectivity index (χ1v) is 10.0. The fourth-order valence-corrected chi connectivity index (χ4v) is 3.98. The van der Waals surface area contributed by atoms with E-state index in [1.165, 1.54) is 6.07 Å². The first-order valence-electron chi connectivity index (χ1n) is 10.0. The minimum atomic E-state index is -0.908. The van der Waals surface area contributed by atoms with Gasteiger partial charge in [0.05, 0.1) is 5.92 Å². The molecule has 1 heterocycles. The lowest BCUT2D eigenvalue weighted by atomic mass is 9.81. The number of benzene rings is 1. The quantitative estimate of drug-likeness (QED) is 0.625. The van der Waals surface area contributed by atoms with Crippen LogP contribution in [0.4, 0.5) is 4.39 Å². The van der Waals surface area contributed by atoms with Crippen LogP contribution < -0.4 is 5.73 Å². The molecule has 8 heteroatoms. The number of aromatic nitrogens is 4. The number of tetrazole rings is 1. The number of nitrogens with zero attached hydrogens (tertiary/aromatic N) is 3. The molecular formula is C21H28FN5O2. The Kier molecular flexibility index (Phi) is 6.74. The number of halogens is 1. The Bertz CT molecular complexity index is 866. The summed E-state index contributed by atoms with van der Waals surface area (Å²) in [6.45, 7) is 3.95. The largest absolute Gasteiger partial charge is 0.481 e. The van der Waals surface area contributed by atoms with E-state index >= 15 is 0 Å². The van der Waals surface area contributed by atoms with Crippen molar-refractivity contribution in [1.29, 1.82) is 0 Å². The number of hydrogen-bond donors (Lipinski definition) is 3. The van der Waals surface area contributed by atoms with Crippen LogP contribution in [-0.4, -0.2) is 37.7 Å². The van der Waals surface area contributed by atoms with Gasteiger partial charge in [0.1, 0.15) is 5.82 Å². The Labute approximate surface area is 169 Å². The van der Waals surface area contributed by atoms with Gasteiger partial charge in [0.15, 0.2) is 5.82 Å². The zero-order chi connectivity index (χ0) is 21.0. The molecular weight excluding hydrogens is 373 g/mol. The lowest BCUT2D eigenvalue weighted by molar-refractivity contribution is -0.143. The summed E-state index contributed by atoms with van der Waals surface area (Å²) < 4.78 is 14.9. The summed E-state index contributed by atoms with van der Waals surface area (Å²) in [7, 11) is 0. The summed E-state index contributed by atoms with van der Waals surface area (Å²) in [5.41, 5.74) is 8.20. The third-order valence-electron chi connectivity index (χ3n) is 5.51. The van der Waals surface area contributed by atoms with E-state index in [1.807, 2.05) is 26.0 Å². The number of allylic oxidation sites excluding steroid dienone is 1. The normalized spacial score (nSPS) is 19.1. The van der Waals surface area contributed by atoms with Crippen molar-refractivity contribution in [2.75, 3.05) is 0 Å². The van der Waals surface area contributed by atoms with E-state index in [0.717, 1.165) is 24.8 Å². The predicted molar refractivity (Wildman–Crippen MR) is 107 cm³/mol. The fraction of sp³-hybridized carbons (Fsp3) is 0.524. The molecule has 0 saturated heterocycles. The van der Waals surface area contributed by atoms with E-state index in [0.29, 0.717) is 29.8 Å². The second-order valence-electron chi connectivity index (χ2n) is 8.23. The number of hydrogen-bond acceptors (Lipinski definition) is 5. The van der Waals surface area contributed by atoms with Crippen molar-refractivity contribution in [1.82, 2.24) is 20.6 Å². The lowest BCUT2D eigenvalue weighted by Crippen LogP contribution is -2.26. The number of carboxylic acid groups (broad SMARTS) is 1. The maximum absolute atomic E-state index is 14.9. The number of H-pyrrole nitrogens is 1. The first-order chi connectivity index (χ1) is 13.8. The summed E-state index contributed by atoms with van der Waals surface area (Å²) in [6, 6.07) is 5.27. The van der Waals surface area contributed by atoms with Gasteiger partial charge in [-0.15, -0.1) is 10.2 Å². The molecule has 3 unspecified atom stereocenters. The van der Waals surface area contributed by atoms with E-state index in [-0.39, 0.29) is 17.8 Å². The van der Waals surface area contributed by atoms with Crippen molar-refractivity contribution < 1.29 is 14.3 Å². The van der Waals surface area contributed by atoms with Gasteiger partial charge < -0.3 is 10.8 Å². The number of aliphatic carboxylic acids is 1. The van der Waals surface area contributed by atoms with Gasteiger partial charge in [0.25, 0.3) is 0 Å².